The highest BCUT2D eigenvalue weighted by Gasteiger charge is 2.20. The van der Waals surface area contributed by atoms with E-state index in [0.717, 1.165) is 23.5 Å². The van der Waals surface area contributed by atoms with Crippen LogP contribution in [-0.2, 0) is 13.0 Å². The van der Waals surface area contributed by atoms with Crippen molar-refractivity contribution in [2.24, 2.45) is 0 Å². The molecule has 2 aromatic carbocycles. The molecule has 0 aliphatic carbocycles. The van der Waals surface area contributed by atoms with E-state index in [0.29, 0.717) is 30.2 Å². The molecule has 0 radical (unpaired) electrons. The minimum absolute atomic E-state index is 0.170. The van der Waals surface area contributed by atoms with Crippen molar-refractivity contribution in [1.82, 2.24) is 10.5 Å². The van der Waals surface area contributed by atoms with Crippen molar-refractivity contribution in [2.75, 3.05) is 6.61 Å². The van der Waals surface area contributed by atoms with Crippen LogP contribution < -0.4 is 14.8 Å². The first-order valence-corrected chi connectivity index (χ1v) is 9.39. The Labute approximate surface area is 163 Å². The van der Waals surface area contributed by atoms with Gasteiger partial charge in [0, 0.05) is 23.6 Å². The van der Waals surface area contributed by atoms with E-state index in [2.05, 4.69) is 23.5 Å². The number of fused-ring (bicyclic) bond motifs is 1. The van der Waals surface area contributed by atoms with Crippen LogP contribution in [0.3, 0.4) is 0 Å². The van der Waals surface area contributed by atoms with Crippen molar-refractivity contribution < 1.29 is 18.8 Å². The van der Waals surface area contributed by atoms with Crippen LogP contribution in [0.5, 0.6) is 11.5 Å². The molecule has 1 atom stereocenters. The lowest BCUT2D eigenvalue weighted by atomic mass is 10.1. The fraction of sp³-hybridized carbons (Fsp3) is 0.273. The Morgan fingerprint density at radius 1 is 1.21 bits per heavy atom. The number of hydrogen-bond donors (Lipinski definition) is 1. The van der Waals surface area contributed by atoms with Crippen LogP contribution in [0.4, 0.5) is 0 Å². The van der Waals surface area contributed by atoms with Gasteiger partial charge in [0.15, 0.2) is 5.76 Å². The summed E-state index contributed by atoms with van der Waals surface area (Å²) in [6.45, 7) is 4.86. The number of amides is 1. The Morgan fingerprint density at radius 3 is 2.82 bits per heavy atom. The molecular weight excluding hydrogens is 356 g/mol. The zero-order chi connectivity index (χ0) is 19.5. The third-order valence-corrected chi connectivity index (χ3v) is 4.60. The van der Waals surface area contributed by atoms with Crippen molar-refractivity contribution in [2.45, 2.75) is 32.9 Å². The summed E-state index contributed by atoms with van der Waals surface area (Å²) in [6, 6.07) is 14.9. The number of carbonyl (C=O) groups is 1. The molecule has 0 saturated heterocycles. The largest absolute Gasteiger partial charge is 0.494 e. The topological polar surface area (TPSA) is 73.6 Å². The minimum Gasteiger partial charge on any atom is -0.494 e. The molecule has 3 aromatic rings. The first-order chi connectivity index (χ1) is 13.6. The van der Waals surface area contributed by atoms with Gasteiger partial charge in [-0.25, -0.2) is 0 Å². The average molecular weight is 378 g/mol. The van der Waals surface area contributed by atoms with Gasteiger partial charge in [-0.05, 0) is 61.9 Å². The number of carbonyl (C=O) groups excluding carboxylic acids is 1. The molecule has 0 saturated carbocycles. The quantitative estimate of drug-likeness (QED) is 0.702. The van der Waals surface area contributed by atoms with Crippen molar-refractivity contribution in [1.29, 1.82) is 0 Å². The second-order valence-corrected chi connectivity index (χ2v) is 6.78. The highest BCUT2D eigenvalue weighted by atomic mass is 16.5. The summed E-state index contributed by atoms with van der Waals surface area (Å²) in [5.41, 5.74) is 3.36. The molecule has 6 nitrogen and oxygen atoms in total. The average Bonchev–Trinajstić information content (AvgIpc) is 3.32. The zero-order valence-corrected chi connectivity index (χ0v) is 15.9. The standard InChI is InChI=1S/C22H22N2O4/c1-3-26-19-7-4-15(5-8-19)22(25)23-13-18-12-21(28-24-18)16-6-9-20-17(11-16)10-14(2)27-20/h4-9,11-12,14H,3,10,13H2,1-2H3,(H,23,25). The van der Waals surface area contributed by atoms with E-state index in [9.17, 15) is 4.79 Å². The Hall–Kier alpha value is -3.28. The van der Waals surface area contributed by atoms with Gasteiger partial charge in [0.05, 0.1) is 13.2 Å². The molecule has 1 aliphatic heterocycles. The number of benzene rings is 2. The Bertz CT molecular complexity index is 978. The van der Waals surface area contributed by atoms with Crippen molar-refractivity contribution in [3.05, 3.63) is 65.4 Å². The van der Waals surface area contributed by atoms with Crippen LogP contribution >= 0.6 is 0 Å². The van der Waals surface area contributed by atoms with E-state index in [1.54, 1.807) is 24.3 Å². The van der Waals surface area contributed by atoms with Gasteiger partial charge in [0.25, 0.3) is 5.91 Å². The van der Waals surface area contributed by atoms with Gasteiger partial charge in [-0.15, -0.1) is 0 Å². The molecule has 1 N–H and O–H groups in total. The monoisotopic (exact) mass is 378 g/mol. The van der Waals surface area contributed by atoms with E-state index in [1.165, 1.54) is 5.56 Å². The first-order valence-electron chi connectivity index (χ1n) is 9.39. The number of rotatable bonds is 6. The maximum absolute atomic E-state index is 12.3. The molecule has 144 valence electrons. The molecule has 1 unspecified atom stereocenters. The molecule has 1 amide bonds. The predicted molar refractivity (Wildman–Crippen MR) is 105 cm³/mol. The van der Waals surface area contributed by atoms with Gasteiger partial charge in [-0.3, -0.25) is 4.79 Å². The maximum Gasteiger partial charge on any atom is 0.251 e. The summed E-state index contributed by atoms with van der Waals surface area (Å²) < 4.78 is 16.6. The summed E-state index contributed by atoms with van der Waals surface area (Å²) in [5.74, 6) is 2.18. The molecule has 0 bridgehead atoms. The van der Waals surface area contributed by atoms with Crippen molar-refractivity contribution >= 4 is 5.91 Å². The molecular formula is C22H22N2O4. The highest BCUT2D eigenvalue weighted by molar-refractivity contribution is 5.94. The third kappa shape index (κ3) is 3.86. The summed E-state index contributed by atoms with van der Waals surface area (Å²) >= 11 is 0. The van der Waals surface area contributed by atoms with Crippen molar-refractivity contribution in [3.8, 4) is 22.8 Å². The SMILES string of the molecule is CCOc1ccc(C(=O)NCc2cc(-c3ccc4c(c3)CC(C)O4)on2)cc1. The van der Waals surface area contributed by atoms with E-state index >= 15 is 0 Å². The van der Waals surface area contributed by atoms with Gasteiger partial charge in [0.2, 0.25) is 0 Å². The summed E-state index contributed by atoms with van der Waals surface area (Å²) in [6.07, 6.45) is 1.09. The second kappa shape index (κ2) is 7.76. The van der Waals surface area contributed by atoms with Gasteiger partial charge >= 0.3 is 0 Å². The number of aromatic nitrogens is 1. The van der Waals surface area contributed by atoms with Gasteiger partial charge in [-0.2, -0.15) is 0 Å². The number of nitrogens with zero attached hydrogens (tertiary/aromatic N) is 1. The lowest BCUT2D eigenvalue weighted by molar-refractivity contribution is 0.0950. The summed E-state index contributed by atoms with van der Waals surface area (Å²) in [7, 11) is 0. The number of ether oxygens (including phenoxy) is 2. The van der Waals surface area contributed by atoms with Crippen LogP contribution in [0, 0.1) is 0 Å². The molecule has 28 heavy (non-hydrogen) atoms. The van der Waals surface area contributed by atoms with E-state index in [1.807, 2.05) is 25.1 Å². The molecule has 2 heterocycles. The lowest BCUT2D eigenvalue weighted by Gasteiger charge is -2.05. The normalized spacial score (nSPS) is 15.0. The van der Waals surface area contributed by atoms with Crippen LogP contribution in [0.1, 0.15) is 35.5 Å². The van der Waals surface area contributed by atoms with Crippen molar-refractivity contribution in [3.63, 3.8) is 0 Å². The fourth-order valence-corrected chi connectivity index (χ4v) is 3.25. The van der Waals surface area contributed by atoms with Gasteiger partial charge < -0.3 is 19.3 Å². The lowest BCUT2D eigenvalue weighted by Crippen LogP contribution is -2.22. The number of hydrogen-bond acceptors (Lipinski definition) is 5. The van der Waals surface area contributed by atoms with Crippen LogP contribution in [0.15, 0.2) is 53.1 Å². The summed E-state index contributed by atoms with van der Waals surface area (Å²) in [4.78, 5) is 12.3. The smallest absolute Gasteiger partial charge is 0.251 e. The molecule has 6 heteroatoms. The molecule has 0 spiro atoms. The van der Waals surface area contributed by atoms with Crippen LogP contribution in [0.2, 0.25) is 0 Å². The fourth-order valence-electron chi connectivity index (χ4n) is 3.25. The van der Waals surface area contributed by atoms with E-state index in [4.69, 9.17) is 14.0 Å². The minimum atomic E-state index is -0.170. The van der Waals surface area contributed by atoms with E-state index in [-0.39, 0.29) is 12.0 Å². The molecule has 1 aromatic heterocycles. The van der Waals surface area contributed by atoms with E-state index < -0.39 is 0 Å². The first kappa shape index (κ1) is 18.1. The van der Waals surface area contributed by atoms with Gasteiger partial charge in [0.1, 0.15) is 23.3 Å². The van der Waals surface area contributed by atoms with Crippen LogP contribution in [-0.4, -0.2) is 23.8 Å². The predicted octanol–water partition coefficient (Wildman–Crippen LogP) is 3.99. The molecule has 4 rings (SSSR count). The van der Waals surface area contributed by atoms with Gasteiger partial charge in [-0.1, -0.05) is 5.16 Å². The van der Waals surface area contributed by atoms with Crippen LogP contribution in [0.25, 0.3) is 11.3 Å². The highest BCUT2D eigenvalue weighted by Crippen LogP contribution is 2.33. The summed E-state index contributed by atoms with van der Waals surface area (Å²) in [5, 5.41) is 6.92. The molecule has 1 aliphatic rings. The Kier molecular flexibility index (Phi) is 5.02. The zero-order valence-electron chi connectivity index (χ0n) is 15.9. The Morgan fingerprint density at radius 2 is 2.04 bits per heavy atom. The second-order valence-electron chi connectivity index (χ2n) is 6.78. The Balaban J connectivity index is 1.38. The number of nitrogens with one attached hydrogen (secondary N) is 1. The molecule has 0 fully saturated rings. The third-order valence-electron chi connectivity index (χ3n) is 4.60. The maximum atomic E-state index is 12.3.